The third-order valence-corrected chi connectivity index (χ3v) is 6.73. The highest BCUT2D eigenvalue weighted by Crippen LogP contribution is 2.68. The first kappa shape index (κ1) is 26.3. The summed E-state index contributed by atoms with van der Waals surface area (Å²) < 4.78 is 51.6. The van der Waals surface area contributed by atoms with Crippen molar-refractivity contribution in [3.05, 3.63) is 88.1 Å². The Morgan fingerprint density at radius 1 is 1.08 bits per heavy atom. The quantitative estimate of drug-likeness (QED) is 0.430. The standard InChI is InChI=1S/C24H19ClF3NO3.C3H9N/c1-31-21-20-18(13-19(25)29-21)32-23(15-7-9-16(10-8-15)24(26,27)28)17(11-12-22(20,23)30)14-5-3-2-4-6-14;1-4(2)3/h2-10,13,17,30H,11-12H2,1H3;1-3H3. The summed E-state index contributed by atoms with van der Waals surface area (Å²) in [4.78, 5) is 6.19. The minimum absolute atomic E-state index is 0.128. The number of nitrogens with zero attached hydrogens (tertiary/aromatic N) is 2. The number of hydrogen-bond acceptors (Lipinski definition) is 5. The summed E-state index contributed by atoms with van der Waals surface area (Å²) in [6, 6.07) is 15.8. The number of methoxy groups -OCH3 is 1. The van der Waals surface area contributed by atoms with Crippen LogP contribution in [0, 0.1) is 0 Å². The lowest BCUT2D eigenvalue weighted by molar-refractivity contribution is -0.137. The zero-order valence-corrected chi connectivity index (χ0v) is 21.2. The summed E-state index contributed by atoms with van der Waals surface area (Å²) >= 11 is 6.15. The van der Waals surface area contributed by atoms with Crippen molar-refractivity contribution in [2.75, 3.05) is 28.3 Å². The van der Waals surface area contributed by atoms with Gasteiger partial charge in [0, 0.05) is 12.0 Å². The summed E-state index contributed by atoms with van der Waals surface area (Å²) in [5.74, 6) is 0.115. The first-order valence-electron chi connectivity index (χ1n) is 11.4. The molecule has 3 atom stereocenters. The maximum atomic E-state index is 13.2. The Labute approximate surface area is 213 Å². The first-order valence-corrected chi connectivity index (χ1v) is 11.8. The normalized spacial score (nSPS) is 24.4. The molecule has 0 radical (unpaired) electrons. The average Bonchev–Trinajstić information content (AvgIpc) is 3.25. The SMILES string of the molecule is CN(C)C.COc1nc(Cl)cc2c1C1(O)CCC(c3ccccc3)C1(c1ccc(C(F)(F)F)cc1)O2. The number of fused-ring (bicyclic) bond motifs is 3. The van der Waals surface area contributed by atoms with Crippen LogP contribution in [0.1, 0.15) is 41.0 Å². The van der Waals surface area contributed by atoms with Gasteiger partial charge >= 0.3 is 6.18 Å². The summed E-state index contributed by atoms with van der Waals surface area (Å²) in [6.45, 7) is 0. The molecular formula is C27H28ClF3N2O3. The highest BCUT2D eigenvalue weighted by atomic mass is 35.5. The van der Waals surface area contributed by atoms with Gasteiger partial charge in [-0.1, -0.05) is 54.1 Å². The minimum atomic E-state index is -4.47. The lowest BCUT2D eigenvalue weighted by atomic mass is 9.72. The molecule has 0 amide bonds. The lowest BCUT2D eigenvalue weighted by Crippen LogP contribution is -2.48. The van der Waals surface area contributed by atoms with Crippen LogP contribution in [-0.4, -0.2) is 43.2 Å². The van der Waals surface area contributed by atoms with Gasteiger partial charge in [-0.3, -0.25) is 0 Å². The second-order valence-electron chi connectivity index (χ2n) is 9.44. The molecule has 5 rings (SSSR count). The molecule has 2 aliphatic rings. The van der Waals surface area contributed by atoms with Gasteiger partial charge in [-0.2, -0.15) is 13.2 Å². The maximum Gasteiger partial charge on any atom is 0.416 e. The van der Waals surface area contributed by atoms with E-state index in [1.165, 1.54) is 25.3 Å². The van der Waals surface area contributed by atoms with E-state index in [2.05, 4.69) is 4.98 Å². The van der Waals surface area contributed by atoms with Crippen molar-refractivity contribution in [2.24, 2.45) is 0 Å². The van der Waals surface area contributed by atoms with E-state index in [-0.39, 0.29) is 17.0 Å². The number of hydrogen-bond donors (Lipinski definition) is 1. The number of rotatable bonds is 3. The molecule has 1 fully saturated rings. The molecule has 36 heavy (non-hydrogen) atoms. The Morgan fingerprint density at radius 3 is 2.25 bits per heavy atom. The van der Waals surface area contributed by atoms with Gasteiger partial charge in [-0.05, 0) is 57.2 Å². The van der Waals surface area contributed by atoms with Crippen LogP contribution in [0.4, 0.5) is 13.2 Å². The maximum absolute atomic E-state index is 13.2. The zero-order chi connectivity index (χ0) is 26.3. The molecule has 0 spiro atoms. The van der Waals surface area contributed by atoms with E-state index in [9.17, 15) is 18.3 Å². The molecule has 2 aromatic carbocycles. The van der Waals surface area contributed by atoms with Crippen molar-refractivity contribution in [1.82, 2.24) is 9.88 Å². The van der Waals surface area contributed by atoms with Gasteiger partial charge in [0.05, 0.1) is 18.2 Å². The van der Waals surface area contributed by atoms with Gasteiger partial charge in [0.1, 0.15) is 16.5 Å². The van der Waals surface area contributed by atoms with E-state index in [1.807, 2.05) is 56.4 Å². The number of aromatic nitrogens is 1. The molecule has 192 valence electrons. The molecule has 3 aromatic rings. The van der Waals surface area contributed by atoms with Crippen LogP contribution in [0.15, 0.2) is 60.7 Å². The Bertz CT molecular complexity index is 1220. The van der Waals surface area contributed by atoms with Crippen molar-refractivity contribution in [2.45, 2.75) is 36.1 Å². The molecule has 1 saturated carbocycles. The van der Waals surface area contributed by atoms with Gasteiger partial charge in [-0.15, -0.1) is 0 Å². The van der Waals surface area contributed by atoms with Gasteiger partial charge in [0.2, 0.25) is 5.88 Å². The van der Waals surface area contributed by atoms with E-state index in [1.54, 1.807) is 0 Å². The number of benzene rings is 2. The van der Waals surface area contributed by atoms with E-state index in [0.717, 1.165) is 17.7 Å². The Hall–Kier alpha value is -2.81. The van der Waals surface area contributed by atoms with Crippen LogP contribution in [0.2, 0.25) is 5.15 Å². The molecule has 1 aromatic heterocycles. The summed E-state index contributed by atoms with van der Waals surface area (Å²) in [5, 5.41) is 12.3. The molecule has 1 aliphatic carbocycles. The van der Waals surface area contributed by atoms with Crippen LogP contribution < -0.4 is 9.47 Å². The van der Waals surface area contributed by atoms with Crippen molar-refractivity contribution in [1.29, 1.82) is 0 Å². The number of pyridine rings is 1. The Balaban J connectivity index is 0.000000709. The van der Waals surface area contributed by atoms with Gasteiger partial charge in [-0.25, -0.2) is 4.98 Å². The second kappa shape index (κ2) is 9.57. The fourth-order valence-corrected chi connectivity index (χ4v) is 5.42. The Kier molecular flexibility index (Phi) is 6.98. The monoisotopic (exact) mass is 520 g/mol. The Morgan fingerprint density at radius 2 is 1.69 bits per heavy atom. The first-order chi connectivity index (χ1) is 16.9. The third-order valence-electron chi connectivity index (χ3n) is 6.54. The predicted molar refractivity (Wildman–Crippen MR) is 131 cm³/mol. The second-order valence-corrected chi connectivity index (χ2v) is 9.83. The van der Waals surface area contributed by atoms with Crippen LogP contribution >= 0.6 is 11.6 Å². The minimum Gasteiger partial charge on any atom is -0.481 e. The van der Waals surface area contributed by atoms with Gasteiger partial charge < -0.3 is 19.5 Å². The average molecular weight is 521 g/mol. The molecule has 9 heteroatoms. The molecule has 5 nitrogen and oxygen atoms in total. The predicted octanol–water partition coefficient (Wildman–Crippen LogP) is 5.99. The van der Waals surface area contributed by atoms with Crippen molar-refractivity contribution in [3.63, 3.8) is 0 Å². The van der Waals surface area contributed by atoms with E-state index >= 15 is 0 Å². The van der Waals surface area contributed by atoms with E-state index < -0.39 is 22.9 Å². The number of aliphatic hydroxyl groups is 1. The summed E-state index contributed by atoms with van der Waals surface area (Å²) in [6.07, 6.45) is -3.62. The van der Waals surface area contributed by atoms with E-state index in [4.69, 9.17) is 21.1 Å². The molecule has 1 aliphatic heterocycles. The molecule has 0 saturated heterocycles. The highest BCUT2D eigenvalue weighted by Gasteiger charge is 2.69. The van der Waals surface area contributed by atoms with Crippen molar-refractivity contribution < 1.29 is 27.8 Å². The topological polar surface area (TPSA) is 54.8 Å². The lowest BCUT2D eigenvalue weighted by Gasteiger charge is -2.40. The largest absolute Gasteiger partial charge is 0.481 e. The number of alkyl halides is 3. The summed E-state index contributed by atoms with van der Waals surface area (Å²) in [5.41, 5.74) is -2.01. The number of halogens is 4. The highest BCUT2D eigenvalue weighted by molar-refractivity contribution is 6.29. The third kappa shape index (κ3) is 4.31. The molecule has 2 heterocycles. The van der Waals surface area contributed by atoms with Crippen LogP contribution in [-0.2, 0) is 17.4 Å². The molecular weight excluding hydrogens is 493 g/mol. The smallest absolute Gasteiger partial charge is 0.416 e. The van der Waals surface area contributed by atoms with Crippen LogP contribution in [0.25, 0.3) is 0 Å². The number of ether oxygens (including phenoxy) is 2. The molecule has 0 bridgehead atoms. The van der Waals surface area contributed by atoms with Crippen molar-refractivity contribution in [3.8, 4) is 11.6 Å². The molecule has 3 unspecified atom stereocenters. The van der Waals surface area contributed by atoms with Crippen molar-refractivity contribution >= 4 is 11.6 Å². The van der Waals surface area contributed by atoms with Gasteiger partial charge in [0.15, 0.2) is 5.60 Å². The van der Waals surface area contributed by atoms with E-state index in [0.29, 0.717) is 29.7 Å². The zero-order valence-electron chi connectivity index (χ0n) is 20.4. The fraction of sp³-hybridized carbons (Fsp3) is 0.370. The van der Waals surface area contributed by atoms with Crippen LogP contribution in [0.3, 0.4) is 0 Å². The van der Waals surface area contributed by atoms with Gasteiger partial charge in [0.25, 0.3) is 0 Å². The fourth-order valence-electron chi connectivity index (χ4n) is 5.24. The summed E-state index contributed by atoms with van der Waals surface area (Å²) in [7, 11) is 7.42. The van der Waals surface area contributed by atoms with Crippen LogP contribution in [0.5, 0.6) is 11.6 Å². The molecule has 1 N–H and O–H groups in total.